The van der Waals surface area contributed by atoms with E-state index in [-0.39, 0.29) is 17.9 Å². The van der Waals surface area contributed by atoms with Crippen LogP contribution in [0.3, 0.4) is 0 Å². The van der Waals surface area contributed by atoms with Crippen LogP contribution < -0.4 is 14.8 Å². The van der Waals surface area contributed by atoms with Gasteiger partial charge in [0.2, 0.25) is 0 Å². The van der Waals surface area contributed by atoms with Crippen molar-refractivity contribution in [1.29, 1.82) is 0 Å². The maximum absolute atomic E-state index is 13.7. The van der Waals surface area contributed by atoms with Crippen molar-refractivity contribution in [3.63, 3.8) is 0 Å². The van der Waals surface area contributed by atoms with Crippen LogP contribution in [-0.2, 0) is 0 Å². The van der Waals surface area contributed by atoms with Gasteiger partial charge in [-0.2, -0.15) is 0 Å². The van der Waals surface area contributed by atoms with Crippen molar-refractivity contribution in [1.82, 2.24) is 0 Å². The predicted octanol–water partition coefficient (Wildman–Crippen LogP) is 4.67. The Kier molecular flexibility index (Phi) is 5.99. The Morgan fingerprint density at radius 1 is 0.852 bits per heavy atom. The van der Waals surface area contributed by atoms with Crippen LogP contribution in [0.4, 0.5) is 14.5 Å². The highest BCUT2D eigenvalue weighted by atomic mass is 19.1. The van der Waals surface area contributed by atoms with Gasteiger partial charge < -0.3 is 14.8 Å². The van der Waals surface area contributed by atoms with Gasteiger partial charge in [0.05, 0.1) is 11.3 Å². The second kappa shape index (κ2) is 8.80. The molecule has 0 aliphatic rings. The van der Waals surface area contributed by atoms with Gasteiger partial charge in [-0.15, -0.1) is 0 Å². The molecule has 138 valence electrons. The summed E-state index contributed by atoms with van der Waals surface area (Å²) in [5, 5.41) is 2.36. The molecule has 4 nitrogen and oxygen atoms in total. The Bertz CT molecular complexity index is 916. The third-order valence-electron chi connectivity index (χ3n) is 3.66. The molecule has 0 atom stereocenters. The molecule has 1 N–H and O–H groups in total. The summed E-state index contributed by atoms with van der Waals surface area (Å²) in [6, 6.07) is 18.7. The minimum atomic E-state index is -0.723. The number of amides is 1. The van der Waals surface area contributed by atoms with Crippen molar-refractivity contribution >= 4 is 11.6 Å². The molecule has 3 aromatic rings. The highest BCUT2D eigenvalue weighted by Crippen LogP contribution is 2.21. The van der Waals surface area contributed by atoms with Gasteiger partial charge in [-0.25, -0.2) is 8.78 Å². The SMILES string of the molecule is O=C(Nc1cc(F)ccc1F)c1ccccc1OCCOc1ccccc1. The zero-order valence-electron chi connectivity index (χ0n) is 14.3. The lowest BCUT2D eigenvalue weighted by molar-refractivity contribution is 0.102. The van der Waals surface area contributed by atoms with Crippen LogP contribution in [0.1, 0.15) is 10.4 Å². The normalized spacial score (nSPS) is 10.3. The van der Waals surface area contributed by atoms with Crippen molar-refractivity contribution in [3.05, 3.63) is 90.0 Å². The summed E-state index contributed by atoms with van der Waals surface area (Å²) in [5.74, 6) is -0.926. The van der Waals surface area contributed by atoms with Gasteiger partial charge in [-0.05, 0) is 36.4 Å². The number of halogens is 2. The van der Waals surface area contributed by atoms with Crippen molar-refractivity contribution in [2.75, 3.05) is 18.5 Å². The summed E-state index contributed by atoms with van der Waals surface area (Å²) in [6.45, 7) is 0.506. The summed E-state index contributed by atoms with van der Waals surface area (Å²) < 4.78 is 38.1. The Morgan fingerprint density at radius 3 is 2.37 bits per heavy atom. The summed E-state index contributed by atoms with van der Waals surface area (Å²) >= 11 is 0. The van der Waals surface area contributed by atoms with Crippen molar-refractivity contribution in [3.8, 4) is 11.5 Å². The molecule has 0 unspecified atom stereocenters. The molecule has 0 aromatic heterocycles. The van der Waals surface area contributed by atoms with E-state index in [1.807, 2.05) is 30.3 Å². The lowest BCUT2D eigenvalue weighted by Gasteiger charge is -2.12. The van der Waals surface area contributed by atoms with Crippen LogP contribution in [0.15, 0.2) is 72.8 Å². The monoisotopic (exact) mass is 369 g/mol. The molecule has 0 bridgehead atoms. The van der Waals surface area contributed by atoms with E-state index in [1.165, 1.54) is 0 Å². The molecule has 0 aliphatic carbocycles. The molecule has 27 heavy (non-hydrogen) atoms. The molecule has 0 fully saturated rings. The van der Waals surface area contributed by atoms with Gasteiger partial charge in [-0.3, -0.25) is 4.79 Å². The van der Waals surface area contributed by atoms with Crippen LogP contribution >= 0.6 is 0 Å². The lowest BCUT2D eigenvalue weighted by Crippen LogP contribution is -2.16. The first-order valence-corrected chi connectivity index (χ1v) is 8.29. The fourth-order valence-electron chi connectivity index (χ4n) is 2.39. The highest BCUT2D eigenvalue weighted by molar-refractivity contribution is 6.06. The first kappa shape index (κ1) is 18.4. The summed E-state index contributed by atoms with van der Waals surface area (Å²) in [4.78, 5) is 12.4. The van der Waals surface area contributed by atoms with E-state index in [0.717, 1.165) is 18.2 Å². The van der Waals surface area contributed by atoms with Gasteiger partial charge in [0, 0.05) is 6.07 Å². The van der Waals surface area contributed by atoms with Crippen molar-refractivity contribution < 1.29 is 23.0 Å². The second-order valence-corrected chi connectivity index (χ2v) is 5.58. The lowest BCUT2D eigenvalue weighted by atomic mass is 10.2. The largest absolute Gasteiger partial charge is 0.490 e. The molecule has 0 spiro atoms. The number of carbonyl (C=O) groups is 1. The summed E-state index contributed by atoms with van der Waals surface area (Å²) in [6.07, 6.45) is 0. The first-order chi connectivity index (χ1) is 13.1. The number of anilines is 1. The molecule has 0 aliphatic heterocycles. The van der Waals surface area contributed by atoms with Crippen LogP contribution in [0.25, 0.3) is 0 Å². The van der Waals surface area contributed by atoms with Gasteiger partial charge in [0.25, 0.3) is 5.91 Å². The van der Waals surface area contributed by atoms with Gasteiger partial charge in [0.1, 0.15) is 36.3 Å². The number of benzene rings is 3. The number of hydrogen-bond donors (Lipinski definition) is 1. The molecule has 3 aromatic carbocycles. The second-order valence-electron chi connectivity index (χ2n) is 5.58. The third-order valence-corrected chi connectivity index (χ3v) is 3.66. The van der Waals surface area contributed by atoms with Gasteiger partial charge in [-0.1, -0.05) is 30.3 Å². The first-order valence-electron chi connectivity index (χ1n) is 8.29. The fraction of sp³-hybridized carbons (Fsp3) is 0.0952. The van der Waals surface area contributed by atoms with Crippen LogP contribution in [0, 0.1) is 11.6 Å². The fourth-order valence-corrected chi connectivity index (χ4v) is 2.39. The van der Waals surface area contributed by atoms with E-state index < -0.39 is 17.5 Å². The van der Waals surface area contributed by atoms with Crippen molar-refractivity contribution in [2.45, 2.75) is 0 Å². The van der Waals surface area contributed by atoms with Crippen LogP contribution in [-0.4, -0.2) is 19.1 Å². The Labute approximate surface area is 155 Å². The van der Waals surface area contributed by atoms with E-state index in [9.17, 15) is 13.6 Å². The molecule has 0 heterocycles. The standard InChI is InChI=1S/C21H17F2NO3/c22-15-10-11-18(23)19(14-15)24-21(25)17-8-4-5-9-20(17)27-13-12-26-16-6-2-1-3-7-16/h1-11,14H,12-13H2,(H,24,25). The topological polar surface area (TPSA) is 47.6 Å². The van der Waals surface area contributed by atoms with Gasteiger partial charge in [0.15, 0.2) is 0 Å². The zero-order chi connectivity index (χ0) is 19.1. The third kappa shape index (κ3) is 5.04. The number of ether oxygens (including phenoxy) is 2. The molecule has 6 heteroatoms. The molecule has 1 amide bonds. The maximum atomic E-state index is 13.7. The zero-order valence-corrected chi connectivity index (χ0v) is 14.3. The number of rotatable bonds is 7. The molecular formula is C21H17F2NO3. The minimum absolute atomic E-state index is 0.209. The molecular weight excluding hydrogens is 352 g/mol. The molecule has 3 rings (SSSR count). The van der Waals surface area contributed by atoms with Crippen LogP contribution in [0.5, 0.6) is 11.5 Å². The summed E-state index contributed by atoms with van der Waals surface area (Å²) in [7, 11) is 0. The Hall–Kier alpha value is -3.41. The average Bonchev–Trinajstić information content (AvgIpc) is 2.69. The average molecular weight is 369 g/mol. The Balaban J connectivity index is 1.62. The summed E-state index contributed by atoms with van der Waals surface area (Å²) in [5.41, 5.74) is -0.0249. The quantitative estimate of drug-likeness (QED) is 0.616. The molecule has 0 saturated heterocycles. The van der Waals surface area contributed by atoms with E-state index >= 15 is 0 Å². The van der Waals surface area contributed by atoms with Gasteiger partial charge >= 0.3 is 0 Å². The number of hydrogen-bond acceptors (Lipinski definition) is 3. The Morgan fingerprint density at radius 2 is 1.56 bits per heavy atom. The predicted molar refractivity (Wildman–Crippen MR) is 98.2 cm³/mol. The van der Waals surface area contributed by atoms with Crippen molar-refractivity contribution in [2.24, 2.45) is 0 Å². The molecule has 0 saturated carbocycles. The number of nitrogens with one attached hydrogen (secondary N) is 1. The van der Waals surface area contributed by atoms with E-state index in [2.05, 4.69) is 5.32 Å². The maximum Gasteiger partial charge on any atom is 0.259 e. The number of para-hydroxylation sites is 2. The number of carbonyl (C=O) groups excluding carboxylic acids is 1. The minimum Gasteiger partial charge on any atom is -0.490 e. The van der Waals surface area contributed by atoms with E-state index in [0.29, 0.717) is 18.1 Å². The molecule has 0 radical (unpaired) electrons. The van der Waals surface area contributed by atoms with Crippen LogP contribution in [0.2, 0.25) is 0 Å². The smallest absolute Gasteiger partial charge is 0.259 e. The van der Waals surface area contributed by atoms with E-state index in [1.54, 1.807) is 24.3 Å². The highest BCUT2D eigenvalue weighted by Gasteiger charge is 2.14. The van der Waals surface area contributed by atoms with E-state index in [4.69, 9.17) is 9.47 Å².